The molecule has 0 bridgehead atoms. The van der Waals surface area contributed by atoms with Crippen molar-refractivity contribution in [2.24, 2.45) is 0 Å². The molecule has 1 aromatic heterocycles. The number of ether oxygens (including phenoxy) is 1. The summed E-state index contributed by atoms with van der Waals surface area (Å²) >= 11 is 3.32. The lowest BCUT2D eigenvalue weighted by atomic mass is 10.2. The summed E-state index contributed by atoms with van der Waals surface area (Å²) in [6, 6.07) is 5.17. The average molecular weight is 299 g/mol. The number of aromatic amines is 1. The Morgan fingerprint density at radius 1 is 1.47 bits per heavy atom. The van der Waals surface area contributed by atoms with Gasteiger partial charge < -0.3 is 4.74 Å². The Balaban J connectivity index is 2.14. The zero-order chi connectivity index (χ0) is 12.0. The van der Waals surface area contributed by atoms with E-state index in [0.29, 0.717) is 17.2 Å². The van der Waals surface area contributed by atoms with Crippen molar-refractivity contribution >= 4 is 26.7 Å². The van der Waals surface area contributed by atoms with E-state index in [-0.39, 0.29) is 11.4 Å². The molecule has 1 N–H and O–H groups in total. The van der Waals surface area contributed by atoms with Gasteiger partial charge in [0.15, 0.2) is 0 Å². The molecule has 4 nitrogen and oxygen atoms in total. The Labute approximate surface area is 104 Å². The highest BCUT2D eigenvalue weighted by molar-refractivity contribution is 9.10. The van der Waals surface area contributed by atoms with Gasteiger partial charge >= 0.3 is 0 Å². The molecule has 1 aliphatic carbocycles. The maximum Gasteiger partial charge on any atom is 0.272 e. The van der Waals surface area contributed by atoms with Gasteiger partial charge in [0.2, 0.25) is 5.88 Å². The maximum absolute atomic E-state index is 12.8. The zero-order valence-electron chi connectivity index (χ0n) is 8.61. The van der Waals surface area contributed by atoms with Gasteiger partial charge in [-0.05, 0) is 18.2 Å². The SMILES string of the molecule is O=c1[nH]nc(OC2C[C@@H]2F)c2cc(Br)ccc12. The van der Waals surface area contributed by atoms with Crippen molar-refractivity contribution in [3.05, 3.63) is 33.0 Å². The first-order chi connectivity index (χ1) is 8.15. The van der Waals surface area contributed by atoms with Gasteiger partial charge in [-0.3, -0.25) is 4.79 Å². The standard InChI is InChI=1S/C11H8BrFN2O2/c12-5-1-2-6-7(3-5)11(15-14-10(6)16)17-9-4-8(9)13/h1-3,8-9H,4H2,(H,14,16)/t8-,9?/m0/s1. The smallest absolute Gasteiger partial charge is 0.272 e. The molecule has 17 heavy (non-hydrogen) atoms. The van der Waals surface area contributed by atoms with Crippen LogP contribution in [0.2, 0.25) is 0 Å². The zero-order valence-corrected chi connectivity index (χ0v) is 10.2. The Morgan fingerprint density at radius 2 is 2.24 bits per heavy atom. The predicted molar refractivity (Wildman–Crippen MR) is 64.0 cm³/mol. The molecule has 2 aromatic rings. The summed E-state index contributed by atoms with van der Waals surface area (Å²) in [5.41, 5.74) is -0.285. The normalized spacial score (nSPS) is 22.7. The van der Waals surface area contributed by atoms with E-state index in [1.54, 1.807) is 18.2 Å². The van der Waals surface area contributed by atoms with Crippen molar-refractivity contribution in [3.63, 3.8) is 0 Å². The molecule has 3 rings (SSSR count). The van der Waals surface area contributed by atoms with E-state index >= 15 is 0 Å². The summed E-state index contributed by atoms with van der Waals surface area (Å²) < 4.78 is 19.0. The summed E-state index contributed by atoms with van der Waals surface area (Å²) in [6.07, 6.45) is -0.974. The molecule has 0 spiro atoms. The quantitative estimate of drug-likeness (QED) is 0.924. The Bertz CT molecular complexity index is 643. The van der Waals surface area contributed by atoms with Crippen LogP contribution in [0.3, 0.4) is 0 Å². The second-order valence-corrected chi connectivity index (χ2v) is 4.87. The van der Waals surface area contributed by atoms with E-state index < -0.39 is 12.3 Å². The van der Waals surface area contributed by atoms with E-state index in [9.17, 15) is 9.18 Å². The van der Waals surface area contributed by atoms with Gasteiger partial charge in [-0.15, -0.1) is 5.10 Å². The van der Waals surface area contributed by atoms with Crippen LogP contribution >= 0.6 is 15.9 Å². The lowest BCUT2D eigenvalue weighted by molar-refractivity contribution is 0.252. The molecule has 1 unspecified atom stereocenters. The third-order valence-corrected chi connectivity index (χ3v) is 3.13. The molecule has 0 amide bonds. The van der Waals surface area contributed by atoms with Gasteiger partial charge in [-0.1, -0.05) is 15.9 Å². The Morgan fingerprint density at radius 3 is 2.94 bits per heavy atom. The lowest BCUT2D eigenvalue weighted by Crippen LogP contribution is -2.12. The largest absolute Gasteiger partial charge is 0.470 e. The van der Waals surface area contributed by atoms with Gasteiger partial charge in [0.05, 0.1) is 10.8 Å². The highest BCUT2D eigenvalue weighted by atomic mass is 79.9. The fourth-order valence-corrected chi connectivity index (χ4v) is 1.97. The van der Waals surface area contributed by atoms with Crippen molar-refractivity contribution in [1.82, 2.24) is 10.2 Å². The van der Waals surface area contributed by atoms with Crippen LogP contribution in [0.1, 0.15) is 6.42 Å². The topological polar surface area (TPSA) is 55.0 Å². The van der Waals surface area contributed by atoms with Gasteiger partial charge in [0.1, 0.15) is 12.3 Å². The van der Waals surface area contributed by atoms with Gasteiger partial charge in [-0.2, -0.15) is 0 Å². The number of hydrogen-bond acceptors (Lipinski definition) is 3. The van der Waals surface area contributed by atoms with Crippen molar-refractivity contribution in [2.75, 3.05) is 0 Å². The molecule has 1 saturated carbocycles. The lowest BCUT2D eigenvalue weighted by Gasteiger charge is -2.06. The highest BCUT2D eigenvalue weighted by Gasteiger charge is 2.40. The van der Waals surface area contributed by atoms with Crippen LogP contribution in [0.25, 0.3) is 10.8 Å². The van der Waals surface area contributed by atoms with Gasteiger partial charge in [-0.25, -0.2) is 9.49 Å². The van der Waals surface area contributed by atoms with E-state index in [1.807, 2.05) is 0 Å². The van der Waals surface area contributed by atoms with Crippen LogP contribution < -0.4 is 10.3 Å². The first kappa shape index (κ1) is 10.7. The van der Waals surface area contributed by atoms with Crippen molar-refractivity contribution < 1.29 is 9.13 Å². The summed E-state index contributed by atoms with van der Waals surface area (Å²) in [5.74, 6) is 0.269. The number of halogens is 2. The Hall–Kier alpha value is -1.43. The number of nitrogens with zero attached hydrogens (tertiary/aromatic N) is 1. The fraction of sp³-hybridized carbons (Fsp3) is 0.273. The number of aromatic nitrogens is 2. The summed E-state index contributed by atoms with van der Waals surface area (Å²) in [7, 11) is 0. The summed E-state index contributed by atoms with van der Waals surface area (Å²) in [5, 5.41) is 7.22. The molecule has 0 aliphatic heterocycles. The van der Waals surface area contributed by atoms with Crippen LogP contribution in [0.5, 0.6) is 5.88 Å². The number of H-pyrrole nitrogens is 1. The first-order valence-electron chi connectivity index (χ1n) is 5.14. The minimum absolute atomic E-state index is 0.269. The highest BCUT2D eigenvalue weighted by Crippen LogP contribution is 2.32. The second-order valence-electron chi connectivity index (χ2n) is 3.96. The molecule has 6 heteroatoms. The maximum atomic E-state index is 12.8. The van der Waals surface area contributed by atoms with Crippen LogP contribution in [0, 0.1) is 0 Å². The predicted octanol–water partition coefficient (Wildman–Crippen LogP) is 2.17. The third kappa shape index (κ3) is 1.93. The molecule has 88 valence electrons. The number of benzene rings is 1. The van der Waals surface area contributed by atoms with Gasteiger partial charge in [0, 0.05) is 10.9 Å². The molecular formula is C11H8BrFN2O2. The number of nitrogens with one attached hydrogen (secondary N) is 1. The van der Waals surface area contributed by atoms with E-state index in [4.69, 9.17) is 4.74 Å². The summed E-state index contributed by atoms with van der Waals surface area (Å²) in [4.78, 5) is 11.5. The molecule has 2 atom stereocenters. The van der Waals surface area contributed by atoms with Crippen LogP contribution in [0.15, 0.2) is 27.5 Å². The molecule has 0 saturated heterocycles. The Kier molecular flexibility index (Phi) is 2.39. The van der Waals surface area contributed by atoms with E-state index in [1.165, 1.54) is 0 Å². The third-order valence-electron chi connectivity index (χ3n) is 2.64. The van der Waals surface area contributed by atoms with Crippen LogP contribution in [-0.4, -0.2) is 22.5 Å². The van der Waals surface area contributed by atoms with Crippen molar-refractivity contribution in [3.8, 4) is 5.88 Å². The number of alkyl halides is 1. The van der Waals surface area contributed by atoms with E-state index in [0.717, 1.165) is 4.47 Å². The monoisotopic (exact) mass is 298 g/mol. The molecule has 0 radical (unpaired) electrons. The number of hydrogen-bond donors (Lipinski definition) is 1. The molecule has 1 heterocycles. The van der Waals surface area contributed by atoms with Crippen LogP contribution in [-0.2, 0) is 0 Å². The van der Waals surface area contributed by atoms with Crippen molar-refractivity contribution in [1.29, 1.82) is 0 Å². The average Bonchev–Trinajstić information content (AvgIpc) is 2.98. The fourth-order valence-electron chi connectivity index (χ4n) is 1.61. The van der Waals surface area contributed by atoms with Crippen molar-refractivity contribution in [2.45, 2.75) is 18.7 Å². The molecule has 1 aromatic carbocycles. The minimum atomic E-state index is -0.925. The van der Waals surface area contributed by atoms with E-state index in [2.05, 4.69) is 26.1 Å². The van der Waals surface area contributed by atoms with Gasteiger partial charge in [0.25, 0.3) is 5.56 Å². The molecule has 1 aliphatic rings. The molecule has 1 fully saturated rings. The summed E-state index contributed by atoms with van der Waals surface area (Å²) in [6.45, 7) is 0. The number of rotatable bonds is 2. The molecular weight excluding hydrogens is 291 g/mol. The van der Waals surface area contributed by atoms with Crippen LogP contribution in [0.4, 0.5) is 4.39 Å². The second kappa shape index (κ2) is 3.80. The number of fused-ring (bicyclic) bond motifs is 1. The minimum Gasteiger partial charge on any atom is -0.470 e. The first-order valence-corrected chi connectivity index (χ1v) is 5.93.